The zero-order chi connectivity index (χ0) is 19.6. The summed E-state index contributed by atoms with van der Waals surface area (Å²) in [6.07, 6.45) is 1.87. The predicted molar refractivity (Wildman–Crippen MR) is 112 cm³/mol. The number of hydrogen-bond acceptors (Lipinski definition) is 4. The molecule has 0 N–H and O–H groups in total. The molecule has 1 aromatic heterocycles. The van der Waals surface area contributed by atoms with Gasteiger partial charge in [0.25, 0.3) is 0 Å². The minimum atomic E-state index is 0.121. The second-order valence-electron chi connectivity index (χ2n) is 7.26. The van der Waals surface area contributed by atoms with Crippen molar-refractivity contribution in [3.63, 3.8) is 0 Å². The lowest BCUT2D eigenvalue weighted by atomic mass is 9.95. The van der Waals surface area contributed by atoms with Gasteiger partial charge in [-0.1, -0.05) is 65.9 Å². The third kappa shape index (κ3) is 3.30. The normalized spacial score (nSPS) is 16.0. The number of methoxy groups -OCH3 is 1. The molecule has 0 aliphatic carbocycles. The highest BCUT2D eigenvalue weighted by Gasteiger charge is 2.30. The van der Waals surface area contributed by atoms with Gasteiger partial charge in [0.1, 0.15) is 5.75 Å². The van der Waals surface area contributed by atoms with E-state index in [1.807, 2.05) is 23.0 Å². The number of ether oxygens (including phenoxy) is 1. The molecule has 5 heteroatoms. The maximum atomic E-state index is 5.32. The van der Waals surface area contributed by atoms with E-state index >= 15 is 0 Å². The third-order valence-electron chi connectivity index (χ3n) is 5.47. The van der Waals surface area contributed by atoms with Gasteiger partial charge < -0.3 is 4.74 Å². The molecule has 1 atom stereocenters. The van der Waals surface area contributed by atoms with Crippen molar-refractivity contribution in [2.24, 2.45) is 0 Å². The molecule has 2 heterocycles. The molecular formula is C24H22N4O. The minimum Gasteiger partial charge on any atom is -0.497 e. The highest BCUT2D eigenvalue weighted by Crippen LogP contribution is 2.37. The molecule has 5 rings (SSSR count). The summed E-state index contributed by atoms with van der Waals surface area (Å²) in [7, 11) is 1.69. The first kappa shape index (κ1) is 17.6. The van der Waals surface area contributed by atoms with Gasteiger partial charge in [-0.25, -0.2) is 4.68 Å². The first-order valence-corrected chi connectivity index (χ1v) is 9.74. The molecule has 0 fully saturated rings. The first-order chi connectivity index (χ1) is 14.3. The van der Waals surface area contributed by atoms with Gasteiger partial charge in [-0.05, 0) is 34.9 Å². The fourth-order valence-corrected chi connectivity index (χ4v) is 4.11. The number of rotatable bonds is 4. The van der Waals surface area contributed by atoms with Crippen LogP contribution < -0.4 is 4.74 Å². The first-order valence-electron chi connectivity index (χ1n) is 9.74. The summed E-state index contributed by atoms with van der Waals surface area (Å²) in [6, 6.07) is 27.6. The third-order valence-corrected chi connectivity index (χ3v) is 5.47. The standard InChI is InChI=1S/C24H22N4O/c1-29-21-13-11-18(12-14-21)16-27-17-20-15-25-26-28(20)23-10-6-5-9-22(23)24(27)19-7-3-2-4-8-19/h2-15,24H,16-17H2,1H3. The van der Waals surface area contributed by atoms with Gasteiger partial charge in [0.15, 0.2) is 0 Å². The van der Waals surface area contributed by atoms with Crippen LogP contribution in [0.3, 0.4) is 0 Å². The number of aromatic nitrogens is 3. The molecule has 0 amide bonds. The number of para-hydroxylation sites is 1. The Morgan fingerprint density at radius 3 is 2.48 bits per heavy atom. The lowest BCUT2D eigenvalue weighted by Crippen LogP contribution is -2.28. The van der Waals surface area contributed by atoms with Crippen LogP contribution in [0.1, 0.15) is 28.4 Å². The van der Waals surface area contributed by atoms with Crippen LogP contribution in [0.4, 0.5) is 0 Å². The molecule has 0 bridgehead atoms. The largest absolute Gasteiger partial charge is 0.497 e. The Morgan fingerprint density at radius 1 is 0.931 bits per heavy atom. The molecule has 1 aliphatic heterocycles. The van der Waals surface area contributed by atoms with Crippen molar-refractivity contribution >= 4 is 0 Å². The van der Waals surface area contributed by atoms with E-state index < -0.39 is 0 Å². The molecule has 3 aromatic carbocycles. The van der Waals surface area contributed by atoms with E-state index in [0.717, 1.165) is 30.2 Å². The highest BCUT2D eigenvalue weighted by molar-refractivity contribution is 5.48. The fourth-order valence-electron chi connectivity index (χ4n) is 4.11. The van der Waals surface area contributed by atoms with Crippen LogP contribution in [-0.4, -0.2) is 27.0 Å². The number of fused-ring (bicyclic) bond motifs is 3. The summed E-state index contributed by atoms with van der Waals surface area (Å²) in [4.78, 5) is 2.48. The second-order valence-corrected chi connectivity index (χ2v) is 7.26. The summed E-state index contributed by atoms with van der Waals surface area (Å²) in [6.45, 7) is 1.57. The summed E-state index contributed by atoms with van der Waals surface area (Å²) >= 11 is 0. The van der Waals surface area contributed by atoms with Crippen LogP contribution in [0.2, 0.25) is 0 Å². The van der Waals surface area contributed by atoms with Crippen LogP contribution >= 0.6 is 0 Å². The van der Waals surface area contributed by atoms with E-state index in [-0.39, 0.29) is 6.04 Å². The Balaban J connectivity index is 1.63. The van der Waals surface area contributed by atoms with E-state index in [1.54, 1.807) is 7.11 Å². The lowest BCUT2D eigenvalue weighted by molar-refractivity contribution is 0.208. The summed E-state index contributed by atoms with van der Waals surface area (Å²) in [5.74, 6) is 0.872. The van der Waals surface area contributed by atoms with Gasteiger partial charge in [-0.2, -0.15) is 0 Å². The van der Waals surface area contributed by atoms with Gasteiger partial charge >= 0.3 is 0 Å². The molecule has 1 unspecified atom stereocenters. The van der Waals surface area contributed by atoms with Crippen molar-refractivity contribution in [2.45, 2.75) is 19.1 Å². The van der Waals surface area contributed by atoms with E-state index in [2.05, 4.69) is 81.9 Å². The monoisotopic (exact) mass is 382 g/mol. The van der Waals surface area contributed by atoms with Gasteiger partial charge in [-0.15, -0.1) is 5.10 Å². The van der Waals surface area contributed by atoms with Gasteiger partial charge in [-0.3, -0.25) is 4.90 Å². The second kappa shape index (κ2) is 7.53. The average molecular weight is 382 g/mol. The van der Waals surface area contributed by atoms with Gasteiger partial charge in [0.05, 0.1) is 30.7 Å². The molecule has 144 valence electrons. The van der Waals surface area contributed by atoms with Gasteiger partial charge in [0, 0.05) is 13.1 Å². The van der Waals surface area contributed by atoms with Crippen molar-refractivity contribution in [1.29, 1.82) is 0 Å². The van der Waals surface area contributed by atoms with Crippen molar-refractivity contribution in [3.05, 3.63) is 107 Å². The Kier molecular flexibility index (Phi) is 4.58. The van der Waals surface area contributed by atoms with Crippen LogP contribution in [0.25, 0.3) is 5.69 Å². The minimum absolute atomic E-state index is 0.121. The van der Waals surface area contributed by atoms with Crippen molar-refractivity contribution in [3.8, 4) is 11.4 Å². The van der Waals surface area contributed by atoms with Crippen molar-refractivity contribution < 1.29 is 4.74 Å². The molecule has 5 nitrogen and oxygen atoms in total. The van der Waals surface area contributed by atoms with Crippen LogP contribution in [0, 0.1) is 0 Å². The Labute approximate surface area is 170 Å². The van der Waals surface area contributed by atoms with Crippen LogP contribution in [0.15, 0.2) is 85.1 Å². The Bertz CT molecular complexity index is 1110. The number of hydrogen-bond donors (Lipinski definition) is 0. The molecule has 4 aromatic rings. The zero-order valence-electron chi connectivity index (χ0n) is 16.3. The van der Waals surface area contributed by atoms with Crippen LogP contribution in [0.5, 0.6) is 5.75 Å². The fraction of sp³-hybridized carbons (Fsp3) is 0.167. The van der Waals surface area contributed by atoms with Crippen molar-refractivity contribution in [2.75, 3.05) is 7.11 Å². The van der Waals surface area contributed by atoms with Gasteiger partial charge in [0.2, 0.25) is 0 Å². The summed E-state index contributed by atoms with van der Waals surface area (Å²) in [5.41, 5.74) is 5.92. The molecule has 0 saturated carbocycles. The maximum Gasteiger partial charge on any atom is 0.118 e. The maximum absolute atomic E-state index is 5.32. The predicted octanol–water partition coefficient (Wildman–Crippen LogP) is 4.38. The topological polar surface area (TPSA) is 43.2 Å². The quantitative estimate of drug-likeness (QED) is 0.525. The average Bonchev–Trinajstić information content (AvgIpc) is 3.19. The Morgan fingerprint density at radius 2 is 1.69 bits per heavy atom. The SMILES string of the molecule is COc1ccc(CN2Cc3cnnn3-c3ccccc3C2c2ccccc2)cc1. The molecule has 29 heavy (non-hydrogen) atoms. The van der Waals surface area contributed by atoms with E-state index in [0.29, 0.717) is 0 Å². The lowest BCUT2D eigenvalue weighted by Gasteiger charge is -2.31. The molecule has 0 spiro atoms. The summed E-state index contributed by atoms with van der Waals surface area (Å²) in [5, 5.41) is 8.55. The van der Waals surface area contributed by atoms with E-state index in [9.17, 15) is 0 Å². The number of nitrogens with zero attached hydrogens (tertiary/aromatic N) is 4. The smallest absolute Gasteiger partial charge is 0.118 e. The molecule has 1 aliphatic rings. The highest BCUT2D eigenvalue weighted by atomic mass is 16.5. The van der Waals surface area contributed by atoms with Crippen molar-refractivity contribution in [1.82, 2.24) is 19.9 Å². The van der Waals surface area contributed by atoms with E-state index in [1.165, 1.54) is 16.7 Å². The number of benzene rings is 3. The summed E-state index contributed by atoms with van der Waals surface area (Å²) < 4.78 is 7.29. The van der Waals surface area contributed by atoms with E-state index in [4.69, 9.17) is 4.74 Å². The molecule has 0 saturated heterocycles. The molecular weight excluding hydrogens is 360 g/mol. The molecule has 0 radical (unpaired) electrons. The zero-order valence-corrected chi connectivity index (χ0v) is 16.3. The Hall–Kier alpha value is -3.44. The van der Waals surface area contributed by atoms with Crippen LogP contribution in [-0.2, 0) is 13.1 Å².